The minimum Gasteiger partial charge on any atom is -0.407 e. The standard InChI is InChI=1S/C12H22N4O2/c1-3-5-13-7-11-14-15-12(18-11)16-6-4-10(8-16)9-17-2/h10,13H,3-9H2,1-2H3. The molecule has 0 amide bonds. The quantitative estimate of drug-likeness (QED) is 0.734. The van der Waals surface area contributed by atoms with Crippen molar-refractivity contribution in [2.24, 2.45) is 5.92 Å². The van der Waals surface area contributed by atoms with E-state index in [-0.39, 0.29) is 0 Å². The molecule has 1 N–H and O–H groups in total. The Morgan fingerprint density at radius 3 is 3.17 bits per heavy atom. The molecule has 18 heavy (non-hydrogen) atoms. The predicted octanol–water partition coefficient (Wildman–Crippen LogP) is 1.04. The molecule has 1 aromatic rings. The van der Waals surface area contributed by atoms with Crippen molar-refractivity contribution in [3.8, 4) is 0 Å². The molecule has 1 saturated heterocycles. The average Bonchev–Trinajstić information content (AvgIpc) is 2.98. The van der Waals surface area contributed by atoms with Crippen molar-refractivity contribution < 1.29 is 9.15 Å². The number of aromatic nitrogens is 2. The van der Waals surface area contributed by atoms with Gasteiger partial charge in [0.25, 0.3) is 0 Å². The van der Waals surface area contributed by atoms with Crippen molar-refractivity contribution in [2.75, 3.05) is 38.3 Å². The van der Waals surface area contributed by atoms with Crippen molar-refractivity contribution in [3.63, 3.8) is 0 Å². The van der Waals surface area contributed by atoms with Crippen LogP contribution in [0.15, 0.2) is 4.42 Å². The molecule has 1 aromatic heterocycles. The molecule has 0 spiro atoms. The molecule has 6 nitrogen and oxygen atoms in total. The average molecular weight is 254 g/mol. The van der Waals surface area contributed by atoms with Crippen LogP contribution in [0.25, 0.3) is 0 Å². The van der Waals surface area contributed by atoms with E-state index in [1.54, 1.807) is 7.11 Å². The van der Waals surface area contributed by atoms with Crippen LogP contribution in [0.2, 0.25) is 0 Å². The summed E-state index contributed by atoms with van der Waals surface area (Å²) in [4.78, 5) is 2.14. The number of anilines is 1. The fourth-order valence-corrected chi connectivity index (χ4v) is 2.19. The van der Waals surface area contributed by atoms with Crippen LogP contribution in [0.1, 0.15) is 25.7 Å². The molecule has 0 saturated carbocycles. The van der Waals surface area contributed by atoms with E-state index in [4.69, 9.17) is 9.15 Å². The van der Waals surface area contributed by atoms with E-state index >= 15 is 0 Å². The number of ether oxygens (including phenoxy) is 1. The highest BCUT2D eigenvalue weighted by Gasteiger charge is 2.25. The zero-order valence-corrected chi connectivity index (χ0v) is 11.2. The molecule has 0 aromatic carbocycles. The molecule has 6 heteroatoms. The molecule has 1 atom stereocenters. The lowest BCUT2D eigenvalue weighted by Gasteiger charge is -2.12. The van der Waals surface area contributed by atoms with E-state index in [2.05, 4.69) is 27.3 Å². The summed E-state index contributed by atoms with van der Waals surface area (Å²) >= 11 is 0. The van der Waals surface area contributed by atoms with E-state index in [0.717, 1.165) is 39.1 Å². The summed E-state index contributed by atoms with van der Waals surface area (Å²) in [5, 5.41) is 11.4. The largest absolute Gasteiger partial charge is 0.407 e. The molecule has 1 aliphatic rings. The van der Waals surface area contributed by atoms with Gasteiger partial charge in [-0.05, 0) is 19.4 Å². The fourth-order valence-electron chi connectivity index (χ4n) is 2.19. The molecule has 0 aliphatic carbocycles. The summed E-state index contributed by atoms with van der Waals surface area (Å²) in [6.07, 6.45) is 2.23. The topological polar surface area (TPSA) is 63.4 Å². The van der Waals surface area contributed by atoms with Crippen LogP contribution in [-0.4, -0.2) is 43.5 Å². The molecule has 2 rings (SSSR count). The summed E-state index contributed by atoms with van der Waals surface area (Å²) in [5.41, 5.74) is 0. The number of rotatable bonds is 7. The second-order valence-corrected chi connectivity index (χ2v) is 4.71. The Hall–Kier alpha value is -1.14. The summed E-state index contributed by atoms with van der Waals surface area (Å²) in [7, 11) is 1.74. The predicted molar refractivity (Wildman–Crippen MR) is 68.5 cm³/mol. The maximum atomic E-state index is 5.64. The molecule has 1 aliphatic heterocycles. The number of methoxy groups -OCH3 is 1. The SMILES string of the molecule is CCCNCc1nnc(N2CCC(COC)C2)o1. The van der Waals surface area contributed by atoms with Gasteiger partial charge in [0.1, 0.15) is 0 Å². The number of hydrogen-bond acceptors (Lipinski definition) is 6. The lowest BCUT2D eigenvalue weighted by atomic mass is 10.1. The van der Waals surface area contributed by atoms with Crippen LogP contribution in [-0.2, 0) is 11.3 Å². The van der Waals surface area contributed by atoms with Crippen molar-refractivity contribution >= 4 is 6.01 Å². The summed E-state index contributed by atoms with van der Waals surface area (Å²) in [6, 6.07) is 0.641. The molecule has 102 valence electrons. The molecule has 1 unspecified atom stereocenters. The normalized spacial score (nSPS) is 19.7. The molecule has 2 heterocycles. The lowest BCUT2D eigenvalue weighted by Crippen LogP contribution is -2.21. The second kappa shape index (κ2) is 6.70. The Labute approximate surface area is 108 Å². The Morgan fingerprint density at radius 2 is 2.39 bits per heavy atom. The highest BCUT2D eigenvalue weighted by molar-refractivity contribution is 5.26. The van der Waals surface area contributed by atoms with Gasteiger partial charge in [0, 0.05) is 26.1 Å². The van der Waals surface area contributed by atoms with E-state index in [9.17, 15) is 0 Å². The van der Waals surface area contributed by atoms with E-state index in [1.165, 1.54) is 0 Å². The van der Waals surface area contributed by atoms with E-state index in [1.807, 2.05) is 0 Å². The summed E-state index contributed by atoms with van der Waals surface area (Å²) in [5.74, 6) is 1.23. The molecule has 1 fully saturated rings. The molecule has 0 radical (unpaired) electrons. The van der Waals surface area contributed by atoms with Gasteiger partial charge in [0.15, 0.2) is 0 Å². The first-order chi connectivity index (χ1) is 8.83. The second-order valence-electron chi connectivity index (χ2n) is 4.71. The third-order valence-electron chi connectivity index (χ3n) is 3.12. The van der Waals surface area contributed by atoms with Crippen LogP contribution in [0.4, 0.5) is 6.01 Å². The zero-order valence-electron chi connectivity index (χ0n) is 11.2. The first-order valence-corrected chi connectivity index (χ1v) is 6.60. The third-order valence-corrected chi connectivity index (χ3v) is 3.12. The summed E-state index contributed by atoms with van der Waals surface area (Å²) in [6.45, 7) is 6.46. The van der Waals surface area contributed by atoms with Crippen molar-refractivity contribution in [1.82, 2.24) is 15.5 Å². The van der Waals surface area contributed by atoms with E-state index in [0.29, 0.717) is 24.4 Å². The lowest BCUT2D eigenvalue weighted by molar-refractivity contribution is 0.160. The van der Waals surface area contributed by atoms with E-state index < -0.39 is 0 Å². The van der Waals surface area contributed by atoms with Gasteiger partial charge in [-0.15, -0.1) is 5.10 Å². The molecule has 0 bridgehead atoms. The third kappa shape index (κ3) is 3.43. The van der Waals surface area contributed by atoms with Gasteiger partial charge in [-0.1, -0.05) is 12.0 Å². The van der Waals surface area contributed by atoms with Gasteiger partial charge in [0.05, 0.1) is 13.2 Å². The Balaban J connectivity index is 1.83. The van der Waals surface area contributed by atoms with Gasteiger partial charge >= 0.3 is 6.01 Å². The van der Waals surface area contributed by atoms with Crippen LogP contribution in [0, 0.1) is 5.92 Å². The van der Waals surface area contributed by atoms with Crippen molar-refractivity contribution in [2.45, 2.75) is 26.3 Å². The first-order valence-electron chi connectivity index (χ1n) is 6.60. The van der Waals surface area contributed by atoms with Gasteiger partial charge in [-0.2, -0.15) is 0 Å². The van der Waals surface area contributed by atoms with Gasteiger partial charge in [-0.3, -0.25) is 0 Å². The first kappa shape index (κ1) is 13.3. The van der Waals surface area contributed by atoms with Crippen LogP contribution in [0.5, 0.6) is 0 Å². The van der Waals surface area contributed by atoms with Crippen LogP contribution >= 0.6 is 0 Å². The molecular weight excluding hydrogens is 232 g/mol. The van der Waals surface area contributed by atoms with Gasteiger partial charge in [-0.25, -0.2) is 0 Å². The van der Waals surface area contributed by atoms with Crippen LogP contribution < -0.4 is 10.2 Å². The van der Waals surface area contributed by atoms with Gasteiger partial charge < -0.3 is 19.4 Å². The highest BCUT2D eigenvalue weighted by atomic mass is 16.5. The maximum absolute atomic E-state index is 5.64. The van der Waals surface area contributed by atoms with Crippen molar-refractivity contribution in [1.29, 1.82) is 0 Å². The fraction of sp³-hybridized carbons (Fsp3) is 0.833. The smallest absolute Gasteiger partial charge is 0.318 e. The Kier molecular flexibility index (Phi) is 4.95. The summed E-state index contributed by atoms with van der Waals surface area (Å²) < 4.78 is 10.8. The van der Waals surface area contributed by atoms with Gasteiger partial charge in [0.2, 0.25) is 5.89 Å². The molecular formula is C12H22N4O2. The number of nitrogens with zero attached hydrogens (tertiary/aromatic N) is 3. The maximum Gasteiger partial charge on any atom is 0.318 e. The Bertz CT molecular complexity index is 356. The number of nitrogens with one attached hydrogen (secondary N) is 1. The van der Waals surface area contributed by atoms with Crippen molar-refractivity contribution in [3.05, 3.63) is 5.89 Å². The monoisotopic (exact) mass is 254 g/mol. The highest BCUT2D eigenvalue weighted by Crippen LogP contribution is 2.22. The number of hydrogen-bond donors (Lipinski definition) is 1. The Morgan fingerprint density at radius 1 is 1.50 bits per heavy atom. The van der Waals surface area contributed by atoms with Crippen LogP contribution in [0.3, 0.4) is 0 Å². The minimum absolute atomic E-state index is 0.573. The minimum atomic E-state index is 0.573. The zero-order chi connectivity index (χ0) is 12.8.